The van der Waals surface area contributed by atoms with E-state index in [4.69, 9.17) is 9.47 Å². The average Bonchev–Trinajstić information content (AvgIpc) is 2.53. The Morgan fingerprint density at radius 2 is 2.08 bits per heavy atom. The van der Waals surface area contributed by atoms with Gasteiger partial charge in [-0.3, -0.25) is 0 Å². The van der Waals surface area contributed by atoms with E-state index < -0.39 is 5.60 Å². The normalized spacial score (nSPS) is 18.2. The molecule has 2 rings (SSSR count). The maximum absolute atomic E-state index is 12.3. The number of nitrogens with zero attached hydrogens (tertiary/aromatic N) is 4. The number of rotatable bonds is 4. The lowest BCUT2D eigenvalue weighted by atomic mass is 10.2. The van der Waals surface area contributed by atoms with Crippen LogP contribution >= 0.6 is 11.8 Å². The molecule has 1 amide bonds. The molecule has 0 N–H and O–H groups in total. The number of aromatic nitrogens is 2. The first kappa shape index (κ1) is 19.6. The molecular weight excluding hydrogens is 340 g/mol. The van der Waals surface area contributed by atoms with Crippen molar-refractivity contribution in [3.05, 3.63) is 6.07 Å². The molecule has 1 aromatic rings. The minimum atomic E-state index is -0.486. The topological polar surface area (TPSA) is 67.8 Å². The molecule has 0 aromatic carbocycles. The van der Waals surface area contributed by atoms with Crippen LogP contribution in [0.15, 0.2) is 11.2 Å². The fraction of sp³-hybridized carbons (Fsp3) is 0.706. The van der Waals surface area contributed by atoms with Crippen LogP contribution in [0.1, 0.15) is 34.6 Å². The summed E-state index contributed by atoms with van der Waals surface area (Å²) in [7, 11) is 0. The molecule has 1 aliphatic heterocycles. The molecule has 0 aliphatic carbocycles. The predicted octanol–water partition coefficient (Wildman–Crippen LogP) is 3.04. The zero-order valence-corrected chi connectivity index (χ0v) is 16.7. The molecule has 2 heterocycles. The summed E-state index contributed by atoms with van der Waals surface area (Å²) >= 11 is 1.49. The van der Waals surface area contributed by atoms with Gasteiger partial charge in [0.15, 0.2) is 5.16 Å². The highest BCUT2D eigenvalue weighted by Crippen LogP contribution is 2.24. The number of hydrogen-bond donors (Lipinski definition) is 0. The van der Waals surface area contributed by atoms with Gasteiger partial charge in [0.05, 0.1) is 6.61 Å². The highest BCUT2D eigenvalue weighted by atomic mass is 32.2. The van der Waals surface area contributed by atoms with Crippen molar-refractivity contribution in [3.63, 3.8) is 0 Å². The number of anilines is 1. The Morgan fingerprint density at radius 3 is 2.64 bits per heavy atom. The third kappa shape index (κ3) is 5.39. The van der Waals surface area contributed by atoms with Crippen molar-refractivity contribution in [1.29, 1.82) is 0 Å². The largest absolute Gasteiger partial charge is 0.478 e. The molecule has 25 heavy (non-hydrogen) atoms. The molecule has 1 aliphatic rings. The van der Waals surface area contributed by atoms with Crippen molar-refractivity contribution in [2.75, 3.05) is 37.4 Å². The Labute approximate surface area is 154 Å². The van der Waals surface area contributed by atoms with Gasteiger partial charge < -0.3 is 19.3 Å². The Morgan fingerprint density at radius 1 is 1.36 bits per heavy atom. The fourth-order valence-electron chi connectivity index (χ4n) is 2.62. The van der Waals surface area contributed by atoms with Gasteiger partial charge in [-0.2, -0.15) is 4.98 Å². The Balaban J connectivity index is 2.10. The molecule has 140 valence electrons. The highest BCUT2D eigenvalue weighted by molar-refractivity contribution is 7.98. The van der Waals surface area contributed by atoms with Crippen LogP contribution < -0.4 is 9.64 Å². The van der Waals surface area contributed by atoms with Crippen molar-refractivity contribution in [1.82, 2.24) is 14.9 Å². The van der Waals surface area contributed by atoms with Crippen LogP contribution in [-0.4, -0.2) is 65.1 Å². The molecule has 8 heteroatoms. The van der Waals surface area contributed by atoms with Gasteiger partial charge in [0.2, 0.25) is 5.88 Å². The maximum atomic E-state index is 12.3. The summed E-state index contributed by atoms with van der Waals surface area (Å²) < 4.78 is 11.0. The second kappa shape index (κ2) is 8.12. The zero-order valence-electron chi connectivity index (χ0n) is 15.9. The first-order valence-electron chi connectivity index (χ1n) is 8.54. The lowest BCUT2D eigenvalue weighted by Gasteiger charge is -2.40. The van der Waals surface area contributed by atoms with E-state index in [1.165, 1.54) is 11.8 Å². The Bertz CT molecular complexity index is 606. The number of amides is 1. The lowest BCUT2D eigenvalue weighted by Crippen LogP contribution is -2.55. The fourth-order valence-corrected chi connectivity index (χ4v) is 2.99. The van der Waals surface area contributed by atoms with E-state index in [2.05, 4.69) is 14.9 Å². The number of thioether (sulfide) groups is 1. The van der Waals surface area contributed by atoms with Crippen LogP contribution in [0.25, 0.3) is 0 Å². The monoisotopic (exact) mass is 368 g/mol. The smallest absolute Gasteiger partial charge is 0.410 e. The van der Waals surface area contributed by atoms with Gasteiger partial charge in [0.25, 0.3) is 0 Å². The summed E-state index contributed by atoms with van der Waals surface area (Å²) in [5.74, 6) is 1.41. The highest BCUT2D eigenvalue weighted by Gasteiger charge is 2.31. The Hall–Kier alpha value is -1.70. The predicted molar refractivity (Wildman–Crippen MR) is 99.6 cm³/mol. The second-order valence-electron chi connectivity index (χ2n) is 6.95. The molecule has 0 spiro atoms. The summed E-state index contributed by atoms with van der Waals surface area (Å²) in [6.45, 7) is 12.1. The number of carbonyl (C=O) groups excluding carboxylic acids is 1. The van der Waals surface area contributed by atoms with Crippen LogP contribution in [0.3, 0.4) is 0 Å². The molecule has 1 fully saturated rings. The third-order valence-electron chi connectivity index (χ3n) is 3.72. The van der Waals surface area contributed by atoms with Crippen LogP contribution in [0.5, 0.6) is 5.88 Å². The molecular formula is C17H28N4O3S. The van der Waals surface area contributed by atoms with Gasteiger partial charge in [0.1, 0.15) is 11.4 Å². The van der Waals surface area contributed by atoms with Crippen molar-refractivity contribution >= 4 is 23.7 Å². The van der Waals surface area contributed by atoms with E-state index in [-0.39, 0.29) is 12.1 Å². The Kier molecular flexibility index (Phi) is 6.37. The number of hydrogen-bond acceptors (Lipinski definition) is 7. The van der Waals surface area contributed by atoms with E-state index in [1.807, 2.05) is 46.9 Å². The summed E-state index contributed by atoms with van der Waals surface area (Å²) in [5.41, 5.74) is -0.486. The minimum absolute atomic E-state index is 0.0341. The maximum Gasteiger partial charge on any atom is 0.410 e. The molecule has 0 bridgehead atoms. The standard InChI is InChI=1S/C17H28N4O3S/c1-7-23-14-10-13(18-15(19-14)25-6)20-8-9-21(12(2)11-20)16(22)24-17(3,4)5/h10,12H,7-9,11H2,1-6H3/t12-/m1/s1. The third-order valence-corrected chi connectivity index (χ3v) is 4.27. The van der Waals surface area contributed by atoms with Gasteiger partial charge in [0, 0.05) is 31.7 Å². The number of ether oxygens (including phenoxy) is 2. The van der Waals surface area contributed by atoms with E-state index in [0.29, 0.717) is 37.3 Å². The van der Waals surface area contributed by atoms with Gasteiger partial charge in [-0.15, -0.1) is 0 Å². The summed E-state index contributed by atoms with van der Waals surface area (Å²) in [5, 5.41) is 0.683. The first-order chi connectivity index (χ1) is 11.7. The summed E-state index contributed by atoms with van der Waals surface area (Å²) in [6.07, 6.45) is 1.68. The van der Waals surface area contributed by atoms with Gasteiger partial charge in [-0.05, 0) is 40.9 Å². The summed E-state index contributed by atoms with van der Waals surface area (Å²) in [6, 6.07) is 1.89. The van der Waals surface area contributed by atoms with Gasteiger partial charge >= 0.3 is 6.09 Å². The number of carbonyl (C=O) groups is 1. The zero-order chi connectivity index (χ0) is 18.6. The van der Waals surface area contributed by atoms with Crippen molar-refractivity contribution in [2.24, 2.45) is 0 Å². The average molecular weight is 369 g/mol. The lowest BCUT2D eigenvalue weighted by molar-refractivity contribution is 0.0158. The molecule has 0 unspecified atom stereocenters. The molecule has 7 nitrogen and oxygen atoms in total. The van der Waals surface area contributed by atoms with Crippen molar-refractivity contribution in [3.8, 4) is 5.88 Å². The van der Waals surface area contributed by atoms with Gasteiger partial charge in [-0.1, -0.05) is 11.8 Å². The first-order valence-corrected chi connectivity index (χ1v) is 9.76. The minimum Gasteiger partial charge on any atom is -0.478 e. The molecule has 0 radical (unpaired) electrons. The molecule has 1 saturated heterocycles. The SMILES string of the molecule is CCOc1cc(N2CCN(C(=O)OC(C)(C)C)[C@H](C)C2)nc(SC)n1. The van der Waals surface area contributed by atoms with E-state index in [9.17, 15) is 4.79 Å². The number of piperazine rings is 1. The second-order valence-corrected chi connectivity index (χ2v) is 7.73. The van der Waals surface area contributed by atoms with Crippen molar-refractivity contribution in [2.45, 2.75) is 51.4 Å². The molecule has 1 aromatic heterocycles. The van der Waals surface area contributed by atoms with Crippen LogP contribution in [-0.2, 0) is 4.74 Å². The van der Waals surface area contributed by atoms with Gasteiger partial charge in [-0.25, -0.2) is 9.78 Å². The van der Waals surface area contributed by atoms with E-state index >= 15 is 0 Å². The van der Waals surface area contributed by atoms with E-state index in [1.54, 1.807) is 4.90 Å². The van der Waals surface area contributed by atoms with Crippen LogP contribution in [0.4, 0.5) is 10.6 Å². The molecule has 0 saturated carbocycles. The van der Waals surface area contributed by atoms with Crippen LogP contribution in [0.2, 0.25) is 0 Å². The summed E-state index contributed by atoms with van der Waals surface area (Å²) in [4.78, 5) is 25.2. The van der Waals surface area contributed by atoms with Crippen LogP contribution in [0, 0.1) is 0 Å². The molecule has 1 atom stereocenters. The van der Waals surface area contributed by atoms with Crippen molar-refractivity contribution < 1.29 is 14.3 Å². The van der Waals surface area contributed by atoms with E-state index in [0.717, 1.165) is 5.82 Å². The quantitative estimate of drug-likeness (QED) is 0.598.